The van der Waals surface area contributed by atoms with Crippen molar-refractivity contribution in [3.05, 3.63) is 53.1 Å². The molecule has 3 rings (SSSR count). The van der Waals surface area contributed by atoms with Crippen molar-refractivity contribution < 1.29 is 19.5 Å². The first-order valence-electron chi connectivity index (χ1n) is 6.84. The largest absolute Gasteiger partial charge is 0.478 e. The Morgan fingerprint density at radius 1 is 0.958 bits per heavy atom. The molecule has 0 saturated heterocycles. The highest BCUT2D eigenvalue weighted by Crippen LogP contribution is 2.31. The van der Waals surface area contributed by atoms with Gasteiger partial charge in [-0.25, -0.2) is 9.79 Å². The van der Waals surface area contributed by atoms with Crippen LogP contribution in [0.4, 0.5) is 5.69 Å². The van der Waals surface area contributed by atoms with Crippen LogP contribution in [0, 0.1) is 0 Å². The number of rotatable bonds is 3. The molecule has 0 atom stereocenters. The Labute approximate surface area is 135 Å². The maximum atomic E-state index is 11.8. The molecule has 1 aliphatic rings. The van der Waals surface area contributed by atoms with Crippen molar-refractivity contribution in [3.63, 3.8) is 0 Å². The molecule has 0 fully saturated rings. The molecule has 24 heavy (non-hydrogen) atoms. The summed E-state index contributed by atoms with van der Waals surface area (Å²) >= 11 is 0. The number of carbonyl (C=O) groups excluding carboxylic acids is 2. The molecule has 0 bridgehead atoms. The number of aromatic carboxylic acids is 1. The molecule has 0 radical (unpaired) electrons. The maximum Gasteiger partial charge on any atom is 0.336 e. The number of benzene rings is 2. The lowest BCUT2D eigenvalue weighted by atomic mass is 9.96. The minimum absolute atomic E-state index is 0.0224. The lowest BCUT2D eigenvalue weighted by Crippen LogP contribution is -2.21. The zero-order valence-corrected chi connectivity index (χ0v) is 12.2. The number of aliphatic imine (C=N–C) groups is 1. The zero-order chi connectivity index (χ0) is 17.4. The standard InChI is InChI=1S/C16H12N4O4/c17-16(18)19-8-2-4-10(15(23)24)11(6-8)7-1-3-9-12(5-7)14(22)20-13(9)21/h1-6H,(H,23,24)(H4,17,18,19)(H,20,21,22). The van der Waals surface area contributed by atoms with Crippen molar-refractivity contribution in [3.8, 4) is 11.1 Å². The second-order valence-electron chi connectivity index (χ2n) is 5.12. The average Bonchev–Trinajstić information content (AvgIpc) is 2.80. The Hall–Kier alpha value is -3.68. The number of imide groups is 1. The molecule has 0 saturated carbocycles. The number of guanidine groups is 1. The number of carbonyl (C=O) groups is 3. The van der Waals surface area contributed by atoms with E-state index < -0.39 is 17.8 Å². The van der Waals surface area contributed by atoms with Gasteiger partial charge in [-0.3, -0.25) is 14.9 Å². The minimum atomic E-state index is -1.14. The predicted molar refractivity (Wildman–Crippen MR) is 86.1 cm³/mol. The van der Waals surface area contributed by atoms with Crippen LogP contribution >= 0.6 is 0 Å². The summed E-state index contributed by atoms with van der Waals surface area (Å²) in [5.74, 6) is -2.30. The molecule has 2 aromatic carbocycles. The number of fused-ring (bicyclic) bond motifs is 1. The molecule has 0 unspecified atom stereocenters. The lowest BCUT2D eigenvalue weighted by Gasteiger charge is -2.09. The summed E-state index contributed by atoms with van der Waals surface area (Å²) in [7, 11) is 0. The van der Waals surface area contributed by atoms with Gasteiger partial charge in [0.15, 0.2) is 5.96 Å². The highest BCUT2D eigenvalue weighted by molar-refractivity contribution is 6.22. The van der Waals surface area contributed by atoms with Crippen LogP contribution in [-0.4, -0.2) is 28.8 Å². The molecule has 0 aliphatic carbocycles. The van der Waals surface area contributed by atoms with Gasteiger partial charge in [-0.05, 0) is 41.5 Å². The summed E-state index contributed by atoms with van der Waals surface area (Å²) in [4.78, 5) is 38.7. The third-order valence-corrected chi connectivity index (χ3v) is 3.54. The molecular weight excluding hydrogens is 312 g/mol. The number of carboxylic acid groups (broad SMARTS) is 1. The topological polar surface area (TPSA) is 148 Å². The van der Waals surface area contributed by atoms with E-state index in [1.165, 1.54) is 30.3 Å². The minimum Gasteiger partial charge on any atom is -0.478 e. The molecule has 0 aromatic heterocycles. The van der Waals surface area contributed by atoms with Crippen molar-refractivity contribution >= 4 is 29.4 Å². The highest BCUT2D eigenvalue weighted by atomic mass is 16.4. The fourth-order valence-corrected chi connectivity index (χ4v) is 2.51. The number of hydrogen-bond donors (Lipinski definition) is 4. The van der Waals surface area contributed by atoms with E-state index in [0.717, 1.165) is 0 Å². The van der Waals surface area contributed by atoms with E-state index in [9.17, 15) is 19.5 Å². The van der Waals surface area contributed by atoms with Gasteiger partial charge in [0.2, 0.25) is 0 Å². The van der Waals surface area contributed by atoms with Crippen LogP contribution in [-0.2, 0) is 0 Å². The van der Waals surface area contributed by atoms with E-state index in [-0.39, 0.29) is 22.6 Å². The van der Waals surface area contributed by atoms with Crippen LogP contribution in [0.25, 0.3) is 11.1 Å². The highest BCUT2D eigenvalue weighted by Gasteiger charge is 2.27. The van der Waals surface area contributed by atoms with Gasteiger partial charge >= 0.3 is 5.97 Å². The smallest absolute Gasteiger partial charge is 0.336 e. The fourth-order valence-electron chi connectivity index (χ4n) is 2.51. The van der Waals surface area contributed by atoms with E-state index in [4.69, 9.17) is 11.5 Å². The summed E-state index contributed by atoms with van der Waals surface area (Å²) in [5, 5.41) is 11.6. The Bertz CT molecular complexity index is 930. The number of nitrogens with zero attached hydrogens (tertiary/aromatic N) is 1. The van der Waals surface area contributed by atoms with Gasteiger partial charge in [-0.15, -0.1) is 0 Å². The van der Waals surface area contributed by atoms with Gasteiger partial charge in [0.05, 0.1) is 22.4 Å². The van der Waals surface area contributed by atoms with E-state index in [2.05, 4.69) is 10.3 Å². The average molecular weight is 324 g/mol. The molecule has 0 spiro atoms. The van der Waals surface area contributed by atoms with Crippen LogP contribution in [0.15, 0.2) is 41.4 Å². The molecule has 2 amide bonds. The van der Waals surface area contributed by atoms with Crippen LogP contribution < -0.4 is 16.8 Å². The van der Waals surface area contributed by atoms with Crippen molar-refractivity contribution in [2.24, 2.45) is 16.5 Å². The van der Waals surface area contributed by atoms with Gasteiger partial charge < -0.3 is 16.6 Å². The second kappa shape index (κ2) is 5.51. The number of carboxylic acids is 1. The first-order valence-corrected chi connectivity index (χ1v) is 6.84. The van der Waals surface area contributed by atoms with Crippen molar-refractivity contribution in [2.75, 3.05) is 0 Å². The van der Waals surface area contributed by atoms with E-state index in [0.29, 0.717) is 16.8 Å². The molecule has 8 nitrogen and oxygen atoms in total. The molecule has 8 heteroatoms. The van der Waals surface area contributed by atoms with Crippen molar-refractivity contribution in [1.29, 1.82) is 0 Å². The first-order chi connectivity index (χ1) is 11.4. The number of nitrogens with one attached hydrogen (secondary N) is 1. The molecule has 6 N–H and O–H groups in total. The molecule has 120 valence electrons. The van der Waals surface area contributed by atoms with Crippen LogP contribution in [0.1, 0.15) is 31.1 Å². The predicted octanol–water partition coefficient (Wildman–Crippen LogP) is 0.840. The van der Waals surface area contributed by atoms with Gasteiger partial charge in [0.25, 0.3) is 11.8 Å². The van der Waals surface area contributed by atoms with E-state index in [1.807, 2.05) is 0 Å². The quantitative estimate of drug-likeness (QED) is 0.373. The van der Waals surface area contributed by atoms with Crippen LogP contribution in [0.5, 0.6) is 0 Å². The van der Waals surface area contributed by atoms with Gasteiger partial charge in [-0.1, -0.05) is 6.07 Å². The summed E-state index contributed by atoms with van der Waals surface area (Å²) in [5.41, 5.74) is 12.3. The normalized spacial score (nSPS) is 12.5. The van der Waals surface area contributed by atoms with Gasteiger partial charge in [0.1, 0.15) is 0 Å². The summed E-state index contributed by atoms with van der Waals surface area (Å²) in [6, 6.07) is 8.85. The molecule has 1 heterocycles. The van der Waals surface area contributed by atoms with Crippen molar-refractivity contribution in [1.82, 2.24) is 5.32 Å². The zero-order valence-electron chi connectivity index (χ0n) is 12.2. The summed E-state index contributed by atoms with van der Waals surface area (Å²) in [6.45, 7) is 0. The SMILES string of the molecule is NC(N)=Nc1ccc(C(=O)O)c(-c2ccc3c(c2)C(=O)NC3=O)c1. The monoisotopic (exact) mass is 324 g/mol. The Kier molecular flexibility index (Phi) is 3.49. The third kappa shape index (κ3) is 2.56. The number of hydrogen-bond acceptors (Lipinski definition) is 4. The van der Waals surface area contributed by atoms with Crippen LogP contribution in [0.2, 0.25) is 0 Å². The molecule has 2 aromatic rings. The van der Waals surface area contributed by atoms with E-state index >= 15 is 0 Å². The van der Waals surface area contributed by atoms with Crippen LogP contribution in [0.3, 0.4) is 0 Å². The van der Waals surface area contributed by atoms with Gasteiger partial charge in [0, 0.05) is 0 Å². The summed E-state index contributed by atoms with van der Waals surface area (Å²) in [6.07, 6.45) is 0. The van der Waals surface area contributed by atoms with Crippen molar-refractivity contribution in [2.45, 2.75) is 0 Å². The molecular formula is C16H12N4O4. The second-order valence-corrected chi connectivity index (χ2v) is 5.12. The molecule has 1 aliphatic heterocycles. The fraction of sp³-hybridized carbons (Fsp3) is 0. The number of nitrogens with two attached hydrogens (primary N) is 2. The van der Waals surface area contributed by atoms with Gasteiger partial charge in [-0.2, -0.15) is 0 Å². The third-order valence-electron chi connectivity index (χ3n) is 3.54. The Morgan fingerprint density at radius 2 is 1.67 bits per heavy atom. The lowest BCUT2D eigenvalue weighted by molar-refractivity contribution is 0.0697. The number of amides is 2. The van der Waals surface area contributed by atoms with E-state index in [1.54, 1.807) is 6.07 Å². The maximum absolute atomic E-state index is 11.8. The Balaban J connectivity index is 2.20. The Morgan fingerprint density at radius 3 is 2.33 bits per heavy atom. The summed E-state index contributed by atoms with van der Waals surface area (Å²) < 4.78 is 0. The first kappa shape index (κ1) is 15.2.